The molecule has 1 aliphatic rings. The fourth-order valence-corrected chi connectivity index (χ4v) is 3.24. The zero-order valence-corrected chi connectivity index (χ0v) is 16.1. The maximum absolute atomic E-state index is 14.5. The summed E-state index contributed by atoms with van der Waals surface area (Å²) >= 11 is 0. The number of aromatic nitrogens is 2. The highest BCUT2D eigenvalue weighted by Crippen LogP contribution is 2.38. The highest BCUT2D eigenvalue weighted by molar-refractivity contribution is 5.71. The Kier molecular flexibility index (Phi) is 4.92. The van der Waals surface area contributed by atoms with Crippen molar-refractivity contribution < 1.29 is 23.4 Å². The summed E-state index contributed by atoms with van der Waals surface area (Å²) in [6.07, 6.45) is 4.18. The Balaban J connectivity index is 1.93. The van der Waals surface area contributed by atoms with E-state index < -0.39 is 16.3 Å². The predicted octanol–water partition coefficient (Wildman–Crippen LogP) is 2.62. The number of hydrogen-bond donors (Lipinski definition) is 0. The van der Waals surface area contributed by atoms with Gasteiger partial charge < -0.3 is 9.47 Å². The van der Waals surface area contributed by atoms with E-state index in [1.165, 1.54) is 65.1 Å². The van der Waals surface area contributed by atoms with Gasteiger partial charge in [-0.05, 0) is 24.3 Å². The van der Waals surface area contributed by atoms with Gasteiger partial charge in [0.1, 0.15) is 11.9 Å². The number of benzene rings is 2. The monoisotopic (exact) mass is 421 g/mol. The molecule has 1 aliphatic heterocycles. The summed E-state index contributed by atoms with van der Waals surface area (Å²) in [6, 6.07) is 10.3. The van der Waals surface area contributed by atoms with E-state index in [0.29, 0.717) is 5.75 Å². The molecule has 1 aromatic heterocycles. The van der Waals surface area contributed by atoms with Crippen molar-refractivity contribution in [2.45, 2.75) is 0 Å². The quantitative estimate of drug-likeness (QED) is 0.364. The summed E-state index contributed by atoms with van der Waals surface area (Å²) in [5.74, 6) is -0.0105. The molecule has 0 spiro atoms. The van der Waals surface area contributed by atoms with Gasteiger partial charge in [-0.15, -0.1) is 0 Å². The molecule has 0 radical (unpaired) electrons. The van der Waals surface area contributed by atoms with E-state index in [9.17, 15) is 24.6 Å². The normalized spacial score (nSPS) is 12.2. The maximum atomic E-state index is 14.5. The molecule has 0 aliphatic carbocycles. The Bertz CT molecular complexity index is 1360. The number of ether oxygens (including phenoxy) is 2. The van der Waals surface area contributed by atoms with Crippen LogP contribution in [0.1, 0.15) is 11.1 Å². The summed E-state index contributed by atoms with van der Waals surface area (Å²) in [7, 11) is 1.45. The van der Waals surface area contributed by atoms with E-state index in [2.05, 4.69) is 0 Å². The van der Waals surface area contributed by atoms with Crippen molar-refractivity contribution >= 4 is 18.0 Å². The van der Waals surface area contributed by atoms with Gasteiger partial charge in [0, 0.05) is 0 Å². The third kappa shape index (κ3) is 3.49. The van der Waals surface area contributed by atoms with Gasteiger partial charge in [-0.2, -0.15) is 5.26 Å². The van der Waals surface area contributed by atoms with Crippen LogP contribution in [0.25, 0.3) is 23.5 Å². The van der Waals surface area contributed by atoms with Crippen LogP contribution in [0.4, 0.5) is 10.1 Å². The van der Waals surface area contributed by atoms with Crippen LogP contribution in [0.15, 0.2) is 47.5 Å². The van der Waals surface area contributed by atoms with Crippen LogP contribution in [0, 0.1) is 27.3 Å². The minimum absolute atomic E-state index is 0.0309. The number of nitro groups is 1. The number of rotatable bonds is 4. The lowest BCUT2D eigenvalue weighted by Crippen LogP contribution is -2.39. The van der Waals surface area contributed by atoms with Gasteiger partial charge in [0.25, 0.3) is 12.0 Å². The van der Waals surface area contributed by atoms with E-state index >= 15 is 0 Å². The summed E-state index contributed by atoms with van der Waals surface area (Å²) in [6.45, 7) is -0.0435. The topological polar surface area (TPSA) is 111 Å². The van der Waals surface area contributed by atoms with E-state index in [-0.39, 0.29) is 40.6 Å². The van der Waals surface area contributed by atoms with Crippen LogP contribution in [0.2, 0.25) is 0 Å². The molecule has 0 fully saturated rings. The van der Waals surface area contributed by atoms with Crippen LogP contribution >= 0.6 is 0 Å². The molecule has 10 heteroatoms. The van der Waals surface area contributed by atoms with Gasteiger partial charge >= 0.3 is 5.56 Å². The van der Waals surface area contributed by atoms with Gasteiger partial charge in [0.15, 0.2) is 22.8 Å². The molecule has 0 amide bonds. The van der Waals surface area contributed by atoms with Crippen LogP contribution in [-0.4, -0.2) is 16.3 Å². The Morgan fingerprint density at radius 2 is 2.00 bits per heavy atom. The molecule has 0 saturated carbocycles. The average Bonchev–Trinajstić information content (AvgIpc) is 3.21. The Hall–Kier alpha value is -4.52. The molecule has 0 unspecified atom stereocenters. The molecule has 9 nitrogen and oxygen atoms in total. The van der Waals surface area contributed by atoms with Crippen molar-refractivity contribution in [3.8, 4) is 28.8 Å². The Labute approximate surface area is 174 Å². The van der Waals surface area contributed by atoms with Crippen molar-refractivity contribution in [1.29, 1.82) is 5.26 Å². The molecule has 0 atom stereocenters. The molecular formula is C21H14FN4O5+. The van der Waals surface area contributed by atoms with Crippen molar-refractivity contribution in [3.63, 3.8) is 0 Å². The molecular weight excluding hydrogens is 407 g/mol. The zero-order valence-electron chi connectivity index (χ0n) is 16.1. The number of fused-ring (bicyclic) bond motifs is 1. The Morgan fingerprint density at radius 3 is 2.68 bits per heavy atom. The standard InChI is InChI=1S/C21H14FN4O5/c1-24-11-25(20(15(10-23)21(24)27)14-4-2-3-5-16(14)22)7-6-13-8-18-19(31-12-30-18)9-17(13)26(28)29/h2-9,11H,12H2,1H3/q+1/b7-6-. The lowest BCUT2D eigenvalue weighted by Gasteiger charge is -2.07. The van der Waals surface area contributed by atoms with Crippen molar-refractivity contribution in [1.82, 2.24) is 4.57 Å². The molecule has 2 heterocycles. The first-order valence-electron chi connectivity index (χ1n) is 8.96. The lowest BCUT2D eigenvalue weighted by atomic mass is 10.1. The van der Waals surface area contributed by atoms with Gasteiger partial charge in [-0.25, -0.2) is 18.3 Å². The summed E-state index contributed by atoms with van der Waals surface area (Å²) in [5, 5.41) is 21.1. The second-order valence-corrected chi connectivity index (χ2v) is 6.59. The van der Waals surface area contributed by atoms with E-state index in [0.717, 1.165) is 0 Å². The largest absolute Gasteiger partial charge is 0.454 e. The minimum Gasteiger partial charge on any atom is -0.454 e. The van der Waals surface area contributed by atoms with Gasteiger partial charge in [-0.3, -0.25) is 10.1 Å². The van der Waals surface area contributed by atoms with Gasteiger partial charge in [0.2, 0.25) is 6.79 Å². The first-order chi connectivity index (χ1) is 14.9. The molecule has 0 saturated heterocycles. The molecule has 0 bridgehead atoms. The smallest absolute Gasteiger partial charge is 0.355 e. The predicted molar refractivity (Wildman–Crippen MR) is 106 cm³/mol. The number of aryl methyl sites for hydroxylation is 1. The van der Waals surface area contributed by atoms with Gasteiger partial charge in [-0.1, -0.05) is 12.1 Å². The SMILES string of the molecule is Cn1c[n+](/C=C\c2cc3c(cc2[N+](=O)[O-])OCO3)c(-c2ccccc2F)c(C#N)c1=O. The molecule has 4 rings (SSSR count). The average molecular weight is 421 g/mol. The number of hydrogen-bond acceptors (Lipinski definition) is 6. The van der Waals surface area contributed by atoms with E-state index in [1.54, 1.807) is 6.07 Å². The fraction of sp³-hybridized carbons (Fsp3) is 0.0952. The van der Waals surface area contributed by atoms with Gasteiger partial charge in [0.05, 0.1) is 35.4 Å². The number of nitrogens with zero attached hydrogens (tertiary/aromatic N) is 4. The zero-order chi connectivity index (χ0) is 22.1. The fourth-order valence-electron chi connectivity index (χ4n) is 3.24. The van der Waals surface area contributed by atoms with Crippen LogP contribution in [0.5, 0.6) is 11.5 Å². The van der Waals surface area contributed by atoms with Crippen molar-refractivity contribution in [3.05, 3.63) is 80.1 Å². The number of nitro benzene ring substituents is 1. The Morgan fingerprint density at radius 1 is 1.29 bits per heavy atom. The number of nitriles is 1. The molecule has 2 aromatic carbocycles. The van der Waals surface area contributed by atoms with Crippen molar-refractivity contribution in [2.75, 3.05) is 6.79 Å². The van der Waals surface area contributed by atoms with Crippen molar-refractivity contribution in [2.24, 2.45) is 7.05 Å². The van der Waals surface area contributed by atoms with Crippen LogP contribution < -0.4 is 19.6 Å². The second-order valence-electron chi connectivity index (χ2n) is 6.59. The molecule has 31 heavy (non-hydrogen) atoms. The van der Waals surface area contributed by atoms with E-state index in [4.69, 9.17) is 9.47 Å². The number of halogens is 1. The second kappa shape index (κ2) is 7.72. The summed E-state index contributed by atoms with van der Waals surface area (Å²) < 4.78 is 27.5. The van der Waals surface area contributed by atoms with E-state index in [1.807, 2.05) is 6.07 Å². The maximum Gasteiger partial charge on any atom is 0.355 e. The first-order valence-corrected chi connectivity index (χ1v) is 8.96. The molecule has 3 aromatic rings. The minimum atomic E-state index is -0.622. The van der Waals surface area contributed by atoms with Crippen LogP contribution in [0.3, 0.4) is 0 Å². The molecule has 154 valence electrons. The van der Waals surface area contributed by atoms with Crippen LogP contribution in [-0.2, 0) is 7.05 Å². The molecule has 0 N–H and O–H groups in total. The third-order valence-corrected chi connectivity index (χ3v) is 4.70. The highest BCUT2D eigenvalue weighted by atomic mass is 19.1. The first kappa shape index (κ1) is 19.8. The summed E-state index contributed by atoms with van der Waals surface area (Å²) in [5.41, 5.74) is -0.809. The lowest BCUT2D eigenvalue weighted by molar-refractivity contribution is -0.561. The summed E-state index contributed by atoms with van der Waals surface area (Å²) in [4.78, 5) is 23.4. The third-order valence-electron chi connectivity index (χ3n) is 4.70. The highest BCUT2D eigenvalue weighted by Gasteiger charge is 2.25.